The average Bonchev–Trinajstić information content (AvgIpc) is 2.88. The Morgan fingerprint density at radius 2 is 1.26 bits per heavy atom. The number of hydrogen-bond acceptors (Lipinski definition) is 2. The molecule has 23 heavy (non-hydrogen) atoms. The molecule has 1 aliphatic carbocycles. The van der Waals surface area contributed by atoms with Crippen molar-refractivity contribution in [2.75, 3.05) is 0 Å². The molecule has 0 heterocycles. The molecule has 5 rings (SSSR count). The molecule has 0 saturated heterocycles. The molecule has 0 saturated carbocycles. The maximum absolute atomic E-state index is 9.65. The molecule has 2 nitrogen and oxygen atoms in total. The zero-order valence-corrected chi connectivity index (χ0v) is 12.3. The highest BCUT2D eigenvalue weighted by Gasteiger charge is 2.25. The molecule has 0 amide bonds. The van der Waals surface area contributed by atoms with Crippen molar-refractivity contribution < 1.29 is 10.0 Å². The van der Waals surface area contributed by atoms with E-state index in [0.717, 1.165) is 10.8 Å². The van der Waals surface area contributed by atoms with Crippen molar-refractivity contribution in [3.63, 3.8) is 0 Å². The van der Waals surface area contributed by atoms with E-state index in [4.69, 9.17) is 0 Å². The van der Waals surface area contributed by atoms with Gasteiger partial charge in [-0.05, 0) is 61.4 Å². The van der Waals surface area contributed by atoms with Crippen molar-refractivity contribution in [2.45, 2.75) is 0 Å². The van der Waals surface area contributed by atoms with Crippen LogP contribution in [0.5, 0.6) is 0 Å². The summed E-state index contributed by atoms with van der Waals surface area (Å²) in [6.45, 7) is 0. The minimum atomic E-state index is -1.46. The van der Waals surface area contributed by atoms with Crippen molar-refractivity contribution in [2.24, 2.45) is 0 Å². The Balaban J connectivity index is 1.95. The van der Waals surface area contributed by atoms with Gasteiger partial charge in [0.25, 0.3) is 0 Å². The van der Waals surface area contributed by atoms with E-state index >= 15 is 0 Å². The van der Waals surface area contributed by atoms with Gasteiger partial charge < -0.3 is 10.0 Å². The van der Waals surface area contributed by atoms with Crippen molar-refractivity contribution in [3.8, 4) is 22.3 Å². The van der Waals surface area contributed by atoms with E-state index in [1.165, 1.54) is 33.0 Å². The molecule has 3 heteroatoms. The zero-order chi connectivity index (χ0) is 15.6. The van der Waals surface area contributed by atoms with Crippen LogP contribution in [0, 0.1) is 0 Å². The van der Waals surface area contributed by atoms with Crippen LogP contribution in [0.2, 0.25) is 0 Å². The highest BCUT2D eigenvalue weighted by Crippen LogP contribution is 2.47. The fourth-order valence-electron chi connectivity index (χ4n) is 3.79. The SMILES string of the molecule is OB(O)c1ccc2c3c(cccc13)-c1cc3ccccc3cc1-2. The third-order valence-electron chi connectivity index (χ3n) is 4.82. The molecule has 4 aromatic rings. The van der Waals surface area contributed by atoms with E-state index < -0.39 is 7.12 Å². The summed E-state index contributed by atoms with van der Waals surface area (Å²) in [5.41, 5.74) is 5.33. The largest absolute Gasteiger partial charge is 0.489 e. The van der Waals surface area contributed by atoms with Gasteiger partial charge in [0.1, 0.15) is 0 Å². The topological polar surface area (TPSA) is 40.5 Å². The molecule has 1 aliphatic rings. The zero-order valence-electron chi connectivity index (χ0n) is 12.3. The second-order valence-electron chi connectivity index (χ2n) is 6.05. The Hall–Kier alpha value is -2.62. The Labute approximate surface area is 133 Å². The van der Waals surface area contributed by atoms with E-state index in [1.54, 1.807) is 0 Å². The monoisotopic (exact) mass is 296 g/mol. The molecular formula is C20H13BO2. The third kappa shape index (κ3) is 1.66. The maximum atomic E-state index is 9.65. The Morgan fingerprint density at radius 1 is 0.609 bits per heavy atom. The maximum Gasteiger partial charge on any atom is 0.489 e. The molecule has 0 spiro atoms. The first-order chi connectivity index (χ1) is 11.2. The summed E-state index contributed by atoms with van der Waals surface area (Å²) in [6.07, 6.45) is 0. The van der Waals surface area contributed by atoms with Gasteiger partial charge in [-0.15, -0.1) is 0 Å². The molecule has 0 bridgehead atoms. The van der Waals surface area contributed by atoms with Crippen molar-refractivity contribution >= 4 is 34.1 Å². The Bertz CT molecular complexity index is 1050. The van der Waals surface area contributed by atoms with Gasteiger partial charge in [0, 0.05) is 0 Å². The third-order valence-corrected chi connectivity index (χ3v) is 4.82. The summed E-state index contributed by atoms with van der Waals surface area (Å²) in [5.74, 6) is 0. The smallest absolute Gasteiger partial charge is 0.423 e. The van der Waals surface area contributed by atoms with Gasteiger partial charge in [0.15, 0.2) is 0 Å². The highest BCUT2D eigenvalue weighted by atomic mass is 16.4. The summed E-state index contributed by atoms with van der Waals surface area (Å²) < 4.78 is 0. The Kier molecular flexibility index (Phi) is 2.49. The summed E-state index contributed by atoms with van der Waals surface area (Å²) in [5, 5.41) is 23.8. The minimum Gasteiger partial charge on any atom is -0.423 e. The van der Waals surface area contributed by atoms with Crippen LogP contribution in [-0.2, 0) is 0 Å². The second kappa shape index (κ2) is 4.45. The minimum absolute atomic E-state index is 0.558. The Morgan fingerprint density at radius 3 is 1.91 bits per heavy atom. The lowest BCUT2D eigenvalue weighted by atomic mass is 9.76. The second-order valence-corrected chi connectivity index (χ2v) is 6.05. The lowest BCUT2D eigenvalue weighted by Crippen LogP contribution is -2.30. The highest BCUT2D eigenvalue weighted by molar-refractivity contribution is 6.62. The summed E-state index contributed by atoms with van der Waals surface area (Å²) in [7, 11) is -1.46. The van der Waals surface area contributed by atoms with E-state index in [-0.39, 0.29) is 0 Å². The molecule has 0 aromatic heterocycles. The van der Waals surface area contributed by atoms with Gasteiger partial charge in [-0.3, -0.25) is 0 Å². The molecule has 2 N–H and O–H groups in total. The lowest BCUT2D eigenvalue weighted by molar-refractivity contribution is 0.426. The first-order valence-corrected chi connectivity index (χ1v) is 7.69. The molecule has 0 radical (unpaired) electrons. The fraction of sp³-hybridized carbons (Fsp3) is 0. The van der Waals surface area contributed by atoms with Crippen LogP contribution in [0.25, 0.3) is 43.8 Å². The summed E-state index contributed by atoms with van der Waals surface area (Å²) in [6, 6.07) is 22.7. The molecule has 4 aromatic carbocycles. The van der Waals surface area contributed by atoms with Crippen LogP contribution in [0.15, 0.2) is 66.7 Å². The van der Waals surface area contributed by atoms with Crippen molar-refractivity contribution in [1.29, 1.82) is 0 Å². The summed E-state index contributed by atoms with van der Waals surface area (Å²) in [4.78, 5) is 0. The van der Waals surface area contributed by atoms with Crippen molar-refractivity contribution in [1.82, 2.24) is 0 Å². The van der Waals surface area contributed by atoms with E-state index in [0.29, 0.717) is 5.46 Å². The van der Waals surface area contributed by atoms with E-state index in [9.17, 15) is 10.0 Å². The van der Waals surface area contributed by atoms with E-state index in [1.807, 2.05) is 24.3 Å². The normalized spacial score (nSPS) is 11.9. The standard InChI is InChI=1S/C20H13BO2/c22-21(23)19-9-8-15-18-11-13-5-2-1-4-12(13)10-17(18)14-6-3-7-16(19)20(14)15/h1-11,22-23H. The van der Waals surface area contributed by atoms with Crippen LogP contribution in [0.1, 0.15) is 0 Å². The molecule has 0 fully saturated rings. The quantitative estimate of drug-likeness (QED) is 0.466. The molecule has 0 aliphatic heterocycles. The first kappa shape index (κ1) is 12.9. The van der Waals surface area contributed by atoms with Gasteiger partial charge in [0.05, 0.1) is 0 Å². The van der Waals surface area contributed by atoms with Gasteiger partial charge in [-0.25, -0.2) is 0 Å². The van der Waals surface area contributed by atoms with Gasteiger partial charge in [-0.2, -0.15) is 0 Å². The van der Waals surface area contributed by atoms with Crippen molar-refractivity contribution in [3.05, 3.63) is 66.7 Å². The average molecular weight is 296 g/mol. The molecule has 0 atom stereocenters. The van der Waals surface area contributed by atoms with Crippen LogP contribution >= 0.6 is 0 Å². The molecule has 108 valence electrons. The number of fused-ring (bicyclic) bond motifs is 4. The predicted molar refractivity (Wildman–Crippen MR) is 95.7 cm³/mol. The van der Waals surface area contributed by atoms with E-state index in [2.05, 4.69) is 42.5 Å². The van der Waals surface area contributed by atoms with Crippen LogP contribution in [-0.4, -0.2) is 17.2 Å². The first-order valence-electron chi connectivity index (χ1n) is 7.69. The van der Waals surface area contributed by atoms with Crippen LogP contribution in [0.4, 0.5) is 0 Å². The van der Waals surface area contributed by atoms with Crippen LogP contribution < -0.4 is 5.46 Å². The lowest BCUT2D eigenvalue weighted by Gasteiger charge is -2.08. The van der Waals surface area contributed by atoms with Gasteiger partial charge >= 0.3 is 7.12 Å². The predicted octanol–water partition coefficient (Wildman–Crippen LogP) is 3.32. The molecular weight excluding hydrogens is 283 g/mol. The fourth-order valence-corrected chi connectivity index (χ4v) is 3.79. The number of hydrogen-bond donors (Lipinski definition) is 2. The van der Waals surface area contributed by atoms with Crippen LogP contribution in [0.3, 0.4) is 0 Å². The van der Waals surface area contributed by atoms with Gasteiger partial charge in [-0.1, -0.05) is 54.6 Å². The molecule has 0 unspecified atom stereocenters. The number of benzene rings is 4. The van der Waals surface area contributed by atoms with Gasteiger partial charge in [0.2, 0.25) is 0 Å². The number of rotatable bonds is 1. The summed E-state index contributed by atoms with van der Waals surface area (Å²) >= 11 is 0.